The summed E-state index contributed by atoms with van der Waals surface area (Å²) in [4.78, 5) is 25.3. The molecule has 3 rings (SSSR count). The molecule has 0 saturated carbocycles. The van der Waals surface area contributed by atoms with E-state index >= 15 is 0 Å². The topological polar surface area (TPSA) is 68.5 Å². The fourth-order valence-electron chi connectivity index (χ4n) is 3.57. The Hall–Kier alpha value is -2.92. The Morgan fingerprint density at radius 1 is 1.03 bits per heavy atom. The van der Waals surface area contributed by atoms with Crippen LogP contribution >= 0.6 is 0 Å². The van der Waals surface area contributed by atoms with Gasteiger partial charge in [0.05, 0.1) is 11.3 Å². The molecule has 1 aromatic heterocycles. The zero-order valence-electron chi connectivity index (χ0n) is 17.7. The Balaban J connectivity index is 2.48. The van der Waals surface area contributed by atoms with Crippen molar-refractivity contribution in [3.63, 3.8) is 0 Å². The van der Waals surface area contributed by atoms with Crippen LogP contribution in [0.4, 0.5) is 0 Å². The normalized spacial score (nSPS) is 12.9. The van der Waals surface area contributed by atoms with Crippen LogP contribution in [0.3, 0.4) is 0 Å². The van der Waals surface area contributed by atoms with E-state index in [1.807, 2.05) is 50.2 Å². The van der Waals surface area contributed by atoms with Crippen molar-refractivity contribution in [2.75, 3.05) is 0 Å². The van der Waals surface area contributed by atoms with Gasteiger partial charge in [-0.3, -0.25) is 4.79 Å². The monoisotopic (exact) mass is 393 g/mol. The van der Waals surface area contributed by atoms with Crippen molar-refractivity contribution in [3.8, 4) is 11.1 Å². The zero-order valence-corrected chi connectivity index (χ0v) is 17.7. The van der Waals surface area contributed by atoms with E-state index in [-0.39, 0.29) is 5.56 Å². The number of carboxylic acids is 1. The van der Waals surface area contributed by atoms with Crippen LogP contribution in [0.25, 0.3) is 21.9 Å². The number of nitrogens with zero attached hydrogens (tertiary/aromatic N) is 1. The van der Waals surface area contributed by atoms with Crippen molar-refractivity contribution in [2.24, 2.45) is 7.05 Å². The molecule has 1 atom stereocenters. The molecule has 1 N–H and O–H groups in total. The Morgan fingerprint density at radius 3 is 2.21 bits per heavy atom. The summed E-state index contributed by atoms with van der Waals surface area (Å²) in [6.07, 6.45) is -1.28. The molecule has 29 heavy (non-hydrogen) atoms. The lowest BCUT2D eigenvalue weighted by molar-refractivity contribution is -0.161. The second-order valence-corrected chi connectivity index (χ2v) is 8.42. The van der Waals surface area contributed by atoms with Gasteiger partial charge in [-0.1, -0.05) is 36.4 Å². The van der Waals surface area contributed by atoms with Gasteiger partial charge in [0.2, 0.25) is 0 Å². The van der Waals surface area contributed by atoms with Gasteiger partial charge in [-0.25, -0.2) is 4.79 Å². The number of ether oxygens (including phenoxy) is 1. The van der Waals surface area contributed by atoms with Gasteiger partial charge in [0.15, 0.2) is 6.10 Å². The summed E-state index contributed by atoms with van der Waals surface area (Å²) in [7, 11) is 1.61. The number of aliphatic carboxylic acids is 1. The lowest BCUT2D eigenvalue weighted by atomic mass is 9.92. The van der Waals surface area contributed by atoms with Crippen LogP contribution in [0.5, 0.6) is 0 Å². The molecule has 0 fully saturated rings. The molecule has 0 aliphatic heterocycles. The van der Waals surface area contributed by atoms with Crippen LogP contribution in [0.2, 0.25) is 0 Å². The molecule has 2 aromatic carbocycles. The zero-order chi connectivity index (χ0) is 21.5. The van der Waals surface area contributed by atoms with E-state index in [0.29, 0.717) is 16.6 Å². The Kier molecular flexibility index (Phi) is 5.37. The van der Waals surface area contributed by atoms with E-state index in [0.717, 1.165) is 22.1 Å². The van der Waals surface area contributed by atoms with Gasteiger partial charge < -0.3 is 14.4 Å². The van der Waals surface area contributed by atoms with Gasteiger partial charge in [0.1, 0.15) is 0 Å². The molecule has 5 heteroatoms. The molecule has 0 amide bonds. The van der Waals surface area contributed by atoms with Crippen molar-refractivity contribution in [1.29, 1.82) is 0 Å². The van der Waals surface area contributed by atoms with Gasteiger partial charge in [0.25, 0.3) is 5.56 Å². The molecular formula is C24H27NO4. The van der Waals surface area contributed by atoms with E-state index < -0.39 is 17.7 Å². The third kappa shape index (κ3) is 3.96. The van der Waals surface area contributed by atoms with Crippen molar-refractivity contribution in [1.82, 2.24) is 4.57 Å². The first-order valence-electron chi connectivity index (χ1n) is 9.61. The Bertz CT molecular complexity index is 1150. The first-order valence-corrected chi connectivity index (χ1v) is 9.61. The maximum atomic E-state index is 13.1. The fourth-order valence-corrected chi connectivity index (χ4v) is 3.57. The fraction of sp³-hybridized carbons (Fsp3) is 0.333. The number of pyridine rings is 1. The molecule has 0 saturated heterocycles. The molecule has 0 aliphatic rings. The van der Waals surface area contributed by atoms with Gasteiger partial charge in [-0.15, -0.1) is 0 Å². The predicted octanol–water partition coefficient (Wildman–Crippen LogP) is 4.76. The van der Waals surface area contributed by atoms with Crippen molar-refractivity contribution >= 4 is 16.7 Å². The third-order valence-corrected chi connectivity index (χ3v) is 5.09. The molecule has 152 valence electrons. The number of hydrogen-bond acceptors (Lipinski definition) is 3. The van der Waals surface area contributed by atoms with Gasteiger partial charge in [0, 0.05) is 18.0 Å². The second kappa shape index (κ2) is 7.48. The molecular weight excluding hydrogens is 366 g/mol. The van der Waals surface area contributed by atoms with Crippen molar-refractivity contribution in [2.45, 2.75) is 46.3 Å². The average Bonchev–Trinajstić information content (AvgIpc) is 2.64. The third-order valence-electron chi connectivity index (χ3n) is 5.09. The highest BCUT2D eigenvalue weighted by atomic mass is 16.5. The Morgan fingerprint density at radius 2 is 1.66 bits per heavy atom. The summed E-state index contributed by atoms with van der Waals surface area (Å²) in [6.45, 7) is 9.46. The van der Waals surface area contributed by atoms with Crippen LogP contribution in [-0.4, -0.2) is 21.2 Å². The molecule has 0 radical (unpaired) electrons. The van der Waals surface area contributed by atoms with Gasteiger partial charge in [-0.2, -0.15) is 0 Å². The SMILES string of the molecule is Cc1ccc(-c2c(C(OC(C)(C)C)C(=O)O)n(C)c(=O)c3ccccc23)cc1C. The van der Waals surface area contributed by atoms with Gasteiger partial charge >= 0.3 is 5.97 Å². The summed E-state index contributed by atoms with van der Waals surface area (Å²) in [5.41, 5.74) is 3.21. The van der Waals surface area contributed by atoms with Gasteiger partial charge in [-0.05, 0) is 62.8 Å². The maximum Gasteiger partial charge on any atom is 0.339 e. The standard InChI is InChI=1S/C24H27NO4/c1-14-11-12-16(13-15(14)2)19-17-9-7-8-10-18(17)22(26)25(6)20(19)21(23(27)28)29-24(3,4)5/h7-13,21H,1-6H3,(H,27,28). The number of aromatic nitrogens is 1. The summed E-state index contributed by atoms with van der Waals surface area (Å²) >= 11 is 0. The van der Waals surface area contributed by atoms with E-state index in [4.69, 9.17) is 4.74 Å². The Labute approximate surface area is 170 Å². The number of hydrogen-bond donors (Lipinski definition) is 1. The molecule has 1 unspecified atom stereocenters. The van der Waals surface area contributed by atoms with E-state index in [1.54, 1.807) is 33.9 Å². The molecule has 0 aliphatic carbocycles. The maximum absolute atomic E-state index is 13.1. The quantitative estimate of drug-likeness (QED) is 0.694. The summed E-state index contributed by atoms with van der Waals surface area (Å²) < 4.78 is 7.34. The van der Waals surface area contributed by atoms with Crippen molar-refractivity contribution in [3.05, 3.63) is 69.6 Å². The number of carboxylic acid groups (broad SMARTS) is 1. The highest BCUT2D eigenvalue weighted by molar-refractivity contribution is 5.99. The number of benzene rings is 2. The van der Waals surface area contributed by atoms with Crippen LogP contribution in [0, 0.1) is 13.8 Å². The first-order chi connectivity index (χ1) is 13.5. The van der Waals surface area contributed by atoms with Crippen molar-refractivity contribution < 1.29 is 14.6 Å². The molecule has 3 aromatic rings. The minimum atomic E-state index is -1.28. The lowest BCUT2D eigenvalue weighted by Crippen LogP contribution is -2.32. The minimum Gasteiger partial charge on any atom is -0.479 e. The summed E-state index contributed by atoms with van der Waals surface area (Å²) in [5, 5.41) is 11.3. The lowest BCUT2D eigenvalue weighted by Gasteiger charge is -2.28. The first kappa shape index (κ1) is 20.8. The highest BCUT2D eigenvalue weighted by Gasteiger charge is 2.32. The minimum absolute atomic E-state index is 0.244. The van der Waals surface area contributed by atoms with Crippen LogP contribution in [-0.2, 0) is 16.6 Å². The average molecular weight is 393 g/mol. The highest BCUT2D eigenvalue weighted by Crippen LogP contribution is 2.37. The van der Waals surface area contributed by atoms with Crippen LogP contribution in [0.15, 0.2) is 47.3 Å². The smallest absolute Gasteiger partial charge is 0.339 e. The molecule has 5 nitrogen and oxygen atoms in total. The van der Waals surface area contributed by atoms with Crippen LogP contribution in [0.1, 0.15) is 43.7 Å². The molecule has 0 bridgehead atoms. The number of rotatable bonds is 4. The van der Waals surface area contributed by atoms with E-state index in [1.165, 1.54) is 4.57 Å². The second-order valence-electron chi connectivity index (χ2n) is 8.42. The molecule has 0 spiro atoms. The largest absolute Gasteiger partial charge is 0.479 e. The summed E-state index contributed by atoms with van der Waals surface area (Å²) in [6, 6.07) is 13.3. The molecule has 1 heterocycles. The van der Waals surface area contributed by atoms with E-state index in [2.05, 4.69) is 0 Å². The summed E-state index contributed by atoms with van der Waals surface area (Å²) in [5.74, 6) is -1.13. The number of carbonyl (C=O) groups is 1. The van der Waals surface area contributed by atoms with E-state index in [9.17, 15) is 14.7 Å². The van der Waals surface area contributed by atoms with Crippen LogP contribution < -0.4 is 5.56 Å². The number of fused-ring (bicyclic) bond motifs is 1. The predicted molar refractivity (Wildman–Crippen MR) is 115 cm³/mol. The number of aryl methyl sites for hydroxylation is 2.